The maximum Gasteiger partial charge on any atom is 0.273 e. The monoisotopic (exact) mass is 357 g/mol. The maximum absolute atomic E-state index is 12.2. The molecule has 1 aromatic carbocycles. The minimum absolute atomic E-state index is 0.217. The van der Waals surface area contributed by atoms with E-state index in [4.69, 9.17) is 4.74 Å². The van der Waals surface area contributed by atoms with E-state index in [9.17, 15) is 4.79 Å². The second-order valence-corrected chi connectivity index (χ2v) is 6.86. The van der Waals surface area contributed by atoms with E-state index in [0.29, 0.717) is 30.8 Å². The zero-order valence-electron chi connectivity index (χ0n) is 15.4. The van der Waals surface area contributed by atoms with Crippen LogP contribution < -0.4 is 15.4 Å². The number of carbonyl (C=O) groups is 1. The van der Waals surface area contributed by atoms with Gasteiger partial charge in [0.05, 0.1) is 18.8 Å². The lowest BCUT2D eigenvalue weighted by Gasteiger charge is -2.22. The van der Waals surface area contributed by atoms with Gasteiger partial charge in [0.2, 0.25) is 0 Å². The SMILES string of the molecule is CC(C)c1ccccc1OCCNC(=O)c1cn(C2CCNCC2)nn1. The van der Waals surface area contributed by atoms with Gasteiger partial charge in [0, 0.05) is 0 Å². The number of amides is 1. The summed E-state index contributed by atoms with van der Waals surface area (Å²) in [5.74, 6) is 1.05. The molecule has 0 spiro atoms. The number of hydrogen-bond acceptors (Lipinski definition) is 5. The quantitative estimate of drug-likeness (QED) is 0.742. The van der Waals surface area contributed by atoms with Gasteiger partial charge in [-0.25, -0.2) is 4.68 Å². The first kappa shape index (κ1) is 18.4. The molecule has 2 N–H and O–H groups in total. The average molecular weight is 357 g/mol. The molecular formula is C19H27N5O2. The van der Waals surface area contributed by atoms with Crippen molar-refractivity contribution in [2.45, 2.75) is 38.6 Å². The number of nitrogens with one attached hydrogen (secondary N) is 2. The molecule has 1 aliphatic rings. The van der Waals surface area contributed by atoms with E-state index < -0.39 is 0 Å². The summed E-state index contributed by atoms with van der Waals surface area (Å²) in [6.07, 6.45) is 3.75. The Morgan fingerprint density at radius 2 is 2.12 bits per heavy atom. The van der Waals surface area contributed by atoms with Crippen LogP contribution in [0.3, 0.4) is 0 Å². The normalized spacial score (nSPS) is 15.2. The molecule has 3 rings (SSSR count). The highest BCUT2D eigenvalue weighted by molar-refractivity contribution is 5.91. The Labute approximate surface area is 154 Å². The zero-order valence-corrected chi connectivity index (χ0v) is 15.4. The van der Waals surface area contributed by atoms with Gasteiger partial charge in [0.15, 0.2) is 5.69 Å². The third-order valence-electron chi connectivity index (χ3n) is 4.61. The van der Waals surface area contributed by atoms with E-state index in [1.165, 1.54) is 5.56 Å². The highest BCUT2D eigenvalue weighted by Crippen LogP contribution is 2.25. The number of ether oxygens (including phenoxy) is 1. The van der Waals surface area contributed by atoms with Crippen LogP contribution in [-0.4, -0.2) is 47.1 Å². The standard InChI is InChI=1S/C19H27N5O2/c1-14(2)16-5-3-4-6-18(16)26-12-11-21-19(25)17-13-24(23-22-17)15-7-9-20-10-8-15/h3-6,13-15,20H,7-12H2,1-2H3,(H,21,25). The van der Waals surface area contributed by atoms with Gasteiger partial charge in [-0.1, -0.05) is 37.3 Å². The van der Waals surface area contributed by atoms with Crippen molar-refractivity contribution < 1.29 is 9.53 Å². The van der Waals surface area contributed by atoms with Crippen LogP contribution in [-0.2, 0) is 0 Å². The van der Waals surface area contributed by atoms with Gasteiger partial charge < -0.3 is 15.4 Å². The molecule has 0 bridgehead atoms. The summed E-state index contributed by atoms with van der Waals surface area (Å²) < 4.78 is 7.63. The molecule has 1 aromatic heterocycles. The Morgan fingerprint density at radius 3 is 2.88 bits per heavy atom. The molecule has 2 heterocycles. The molecule has 26 heavy (non-hydrogen) atoms. The lowest BCUT2D eigenvalue weighted by molar-refractivity contribution is 0.0942. The summed E-state index contributed by atoms with van der Waals surface area (Å²) in [6.45, 7) is 7.05. The van der Waals surface area contributed by atoms with Crippen molar-refractivity contribution in [3.8, 4) is 5.75 Å². The maximum atomic E-state index is 12.2. The largest absolute Gasteiger partial charge is 0.491 e. The first-order valence-electron chi connectivity index (χ1n) is 9.27. The van der Waals surface area contributed by atoms with Crippen LogP contribution in [0.25, 0.3) is 0 Å². The predicted molar refractivity (Wildman–Crippen MR) is 99.5 cm³/mol. The lowest BCUT2D eigenvalue weighted by Crippen LogP contribution is -2.30. The van der Waals surface area contributed by atoms with Gasteiger partial charge >= 0.3 is 0 Å². The smallest absolute Gasteiger partial charge is 0.273 e. The van der Waals surface area contributed by atoms with Crippen molar-refractivity contribution in [3.05, 3.63) is 41.7 Å². The van der Waals surface area contributed by atoms with Crippen LogP contribution in [0, 0.1) is 0 Å². The lowest BCUT2D eigenvalue weighted by atomic mass is 10.0. The molecule has 140 valence electrons. The first-order chi connectivity index (χ1) is 12.6. The summed E-state index contributed by atoms with van der Waals surface area (Å²) in [5.41, 5.74) is 1.52. The Bertz CT molecular complexity index is 722. The van der Waals surface area contributed by atoms with Gasteiger partial charge in [0.25, 0.3) is 5.91 Å². The number of hydrogen-bond donors (Lipinski definition) is 2. The van der Waals surface area contributed by atoms with Crippen molar-refractivity contribution in [1.82, 2.24) is 25.6 Å². The number of carbonyl (C=O) groups excluding carboxylic acids is 1. The van der Waals surface area contributed by atoms with Gasteiger partial charge in [-0.15, -0.1) is 5.10 Å². The molecule has 1 saturated heterocycles. The van der Waals surface area contributed by atoms with Crippen LogP contribution in [0.4, 0.5) is 0 Å². The van der Waals surface area contributed by atoms with Gasteiger partial charge in [0.1, 0.15) is 12.4 Å². The highest BCUT2D eigenvalue weighted by Gasteiger charge is 2.18. The number of piperidine rings is 1. The Balaban J connectivity index is 1.47. The van der Waals surface area contributed by atoms with Crippen molar-refractivity contribution in [2.24, 2.45) is 0 Å². The molecule has 0 aliphatic carbocycles. The summed E-state index contributed by atoms with van der Waals surface area (Å²) in [5, 5.41) is 14.3. The Morgan fingerprint density at radius 1 is 1.35 bits per heavy atom. The second kappa shape index (κ2) is 8.80. The number of benzene rings is 1. The fourth-order valence-corrected chi connectivity index (χ4v) is 3.14. The summed E-state index contributed by atoms with van der Waals surface area (Å²) in [6, 6.07) is 8.31. The molecule has 1 aliphatic heterocycles. The fourth-order valence-electron chi connectivity index (χ4n) is 3.14. The number of nitrogens with zero attached hydrogens (tertiary/aromatic N) is 3. The van der Waals surface area contributed by atoms with Gasteiger partial charge in [-0.2, -0.15) is 0 Å². The summed E-state index contributed by atoms with van der Waals surface area (Å²) in [4.78, 5) is 12.2. The minimum atomic E-state index is -0.217. The molecule has 7 nitrogen and oxygen atoms in total. The molecular weight excluding hydrogens is 330 g/mol. The predicted octanol–water partition coefficient (Wildman–Crippen LogP) is 2.13. The minimum Gasteiger partial charge on any atom is -0.491 e. The van der Waals surface area contributed by atoms with Crippen LogP contribution in [0.5, 0.6) is 5.75 Å². The molecule has 0 saturated carbocycles. The molecule has 0 radical (unpaired) electrons. The first-order valence-corrected chi connectivity index (χ1v) is 9.27. The van der Waals surface area contributed by atoms with Crippen molar-refractivity contribution in [1.29, 1.82) is 0 Å². The van der Waals surface area contributed by atoms with E-state index in [-0.39, 0.29) is 5.91 Å². The molecule has 1 fully saturated rings. The van der Waals surface area contributed by atoms with Crippen LogP contribution in [0.1, 0.15) is 54.7 Å². The Hall–Kier alpha value is -2.41. The third kappa shape index (κ3) is 4.60. The zero-order chi connectivity index (χ0) is 18.4. The van der Waals surface area contributed by atoms with Gasteiger partial charge in [-0.05, 0) is 43.5 Å². The number of para-hydroxylation sites is 1. The topological polar surface area (TPSA) is 81.1 Å². The summed E-state index contributed by atoms with van der Waals surface area (Å²) >= 11 is 0. The second-order valence-electron chi connectivity index (χ2n) is 6.86. The van der Waals surface area contributed by atoms with Crippen molar-refractivity contribution in [2.75, 3.05) is 26.2 Å². The van der Waals surface area contributed by atoms with Crippen LogP contribution >= 0.6 is 0 Å². The molecule has 0 atom stereocenters. The highest BCUT2D eigenvalue weighted by atomic mass is 16.5. The van der Waals surface area contributed by atoms with Gasteiger partial charge in [-0.3, -0.25) is 4.79 Å². The van der Waals surface area contributed by atoms with E-state index in [0.717, 1.165) is 31.7 Å². The number of aromatic nitrogens is 3. The number of rotatable bonds is 7. The van der Waals surface area contributed by atoms with E-state index >= 15 is 0 Å². The fraction of sp³-hybridized carbons (Fsp3) is 0.526. The Kier molecular flexibility index (Phi) is 6.22. The molecule has 1 amide bonds. The average Bonchev–Trinajstić information content (AvgIpc) is 3.16. The molecule has 2 aromatic rings. The van der Waals surface area contributed by atoms with Crippen LogP contribution in [0.2, 0.25) is 0 Å². The van der Waals surface area contributed by atoms with E-state index in [1.807, 2.05) is 22.9 Å². The third-order valence-corrected chi connectivity index (χ3v) is 4.61. The van der Waals surface area contributed by atoms with E-state index in [2.05, 4.69) is 40.9 Å². The van der Waals surface area contributed by atoms with Crippen LogP contribution in [0.15, 0.2) is 30.5 Å². The van der Waals surface area contributed by atoms with Crippen molar-refractivity contribution in [3.63, 3.8) is 0 Å². The van der Waals surface area contributed by atoms with E-state index in [1.54, 1.807) is 6.20 Å². The molecule has 0 unspecified atom stereocenters. The van der Waals surface area contributed by atoms with Crippen molar-refractivity contribution >= 4 is 5.91 Å². The summed E-state index contributed by atoms with van der Waals surface area (Å²) in [7, 11) is 0. The molecule has 7 heteroatoms.